The van der Waals surface area contributed by atoms with Crippen LogP contribution in [0.5, 0.6) is 0 Å². The lowest BCUT2D eigenvalue weighted by atomic mass is 9.82. The number of benzene rings is 1. The Labute approximate surface area is 111 Å². The third-order valence-corrected chi connectivity index (χ3v) is 3.80. The maximum Gasteiger partial charge on any atom is 0.194 e. The summed E-state index contributed by atoms with van der Waals surface area (Å²) < 4.78 is 13.6. The van der Waals surface area contributed by atoms with Crippen LogP contribution in [0.15, 0.2) is 18.2 Å². The number of hydrogen-bond donors (Lipinski definition) is 1. The number of rotatable bonds is 3. The molecule has 2 nitrogen and oxygen atoms in total. The van der Waals surface area contributed by atoms with Gasteiger partial charge in [-0.1, -0.05) is 30.9 Å². The molecule has 0 spiro atoms. The molecular formula is C14H16ClFO2. The fraction of sp³-hybridized carbons (Fsp3) is 0.500. The van der Waals surface area contributed by atoms with Crippen molar-refractivity contribution in [3.63, 3.8) is 0 Å². The van der Waals surface area contributed by atoms with Crippen molar-refractivity contribution in [2.75, 3.05) is 0 Å². The minimum absolute atomic E-state index is 0.0404. The van der Waals surface area contributed by atoms with Gasteiger partial charge in [-0.05, 0) is 37.0 Å². The number of halogens is 2. The van der Waals surface area contributed by atoms with Crippen LogP contribution in [0.2, 0.25) is 5.02 Å². The largest absolute Gasteiger partial charge is 0.385 e. The van der Waals surface area contributed by atoms with Crippen molar-refractivity contribution in [3.05, 3.63) is 34.6 Å². The highest BCUT2D eigenvalue weighted by molar-refractivity contribution is 6.30. The monoisotopic (exact) mass is 270 g/mol. The number of ketones is 1. The van der Waals surface area contributed by atoms with E-state index in [2.05, 4.69) is 0 Å². The van der Waals surface area contributed by atoms with Gasteiger partial charge in [-0.25, -0.2) is 4.39 Å². The van der Waals surface area contributed by atoms with Crippen LogP contribution in [0, 0.1) is 11.7 Å². The Bertz CT molecular complexity index is 441. The number of hydrogen-bond acceptors (Lipinski definition) is 2. The molecule has 0 amide bonds. The first-order valence-electron chi connectivity index (χ1n) is 6.27. The van der Waals surface area contributed by atoms with Crippen molar-refractivity contribution in [1.82, 2.24) is 0 Å². The second kappa shape index (κ2) is 5.81. The average molecular weight is 271 g/mol. The van der Waals surface area contributed by atoms with Crippen LogP contribution >= 0.6 is 11.6 Å². The van der Waals surface area contributed by atoms with E-state index in [0.29, 0.717) is 0 Å². The molecule has 1 unspecified atom stereocenters. The second-order valence-electron chi connectivity index (χ2n) is 4.83. The SMILES string of the molecule is O=C(c1ccc(Cl)cc1F)C(O)C1CCCCC1. The van der Waals surface area contributed by atoms with E-state index in [1.807, 2.05) is 0 Å². The summed E-state index contributed by atoms with van der Waals surface area (Å²) in [5.41, 5.74) is -0.0718. The minimum atomic E-state index is -1.10. The lowest BCUT2D eigenvalue weighted by molar-refractivity contribution is 0.0530. The standard InChI is InChI=1S/C14H16ClFO2/c15-10-6-7-11(12(16)8-10)14(18)13(17)9-4-2-1-3-5-9/h6-9,13,17H,1-5H2. The summed E-state index contributed by atoms with van der Waals surface area (Å²) in [6, 6.07) is 3.90. The lowest BCUT2D eigenvalue weighted by Gasteiger charge is -2.25. The van der Waals surface area contributed by atoms with Gasteiger partial charge in [0.2, 0.25) is 0 Å². The van der Waals surface area contributed by atoms with Gasteiger partial charge in [0.25, 0.3) is 0 Å². The van der Waals surface area contributed by atoms with Gasteiger partial charge >= 0.3 is 0 Å². The molecule has 2 rings (SSSR count). The molecule has 0 aromatic heterocycles. The van der Waals surface area contributed by atoms with Gasteiger partial charge in [0.15, 0.2) is 5.78 Å². The zero-order valence-electron chi connectivity index (χ0n) is 10.0. The molecule has 0 heterocycles. The zero-order valence-corrected chi connectivity index (χ0v) is 10.8. The van der Waals surface area contributed by atoms with E-state index in [1.54, 1.807) is 0 Å². The maximum absolute atomic E-state index is 13.6. The number of aliphatic hydroxyl groups excluding tert-OH is 1. The first-order valence-corrected chi connectivity index (χ1v) is 6.64. The quantitative estimate of drug-likeness (QED) is 0.852. The zero-order chi connectivity index (χ0) is 13.1. The van der Waals surface area contributed by atoms with E-state index in [-0.39, 0.29) is 16.5 Å². The van der Waals surface area contributed by atoms with Gasteiger partial charge in [-0.2, -0.15) is 0 Å². The molecule has 1 fully saturated rings. The smallest absolute Gasteiger partial charge is 0.194 e. The van der Waals surface area contributed by atoms with Gasteiger partial charge in [0, 0.05) is 5.02 Å². The van der Waals surface area contributed by atoms with E-state index in [0.717, 1.165) is 38.2 Å². The average Bonchev–Trinajstić information content (AvgIpc) is 2.38. The van der Waals surface area contributed by atoms with Gasteiger partial charge in [-0.15, -0.1) is 0 Å². The number of carbonyl (C=O) groups is 1. The summed E-state index contributed by atoms with van der Waals surface area (Å²) in [5.74, 6) is -1.24. The molecule has 0 radical (unpaired) electrons. The molecule has 1 saturated carbocycles. The highest BCUT2D eigenvalue weighted by atomic mass is 35.5. The first-order chi connectivity index (χ1) is 8.59. The molecule has 4 heteroatoms. The van der Waals surface area contributed by atoms with Crippen LogP contribution in [0.25, 0.3) is 0 Å². The minimum Gasteiger partial charge on any atom is -0.385 e. The summed E-state index contributed by atoms with van der Waals surface area (Å²) in [6.07, 6.45) is 3.77. The molecule has 0 aliphatic heterocycles. The van der Waals surface area contributed by atoms with Crippen molar-refractivity contribution < 1.29 is 14.3 Å². The highest BCUT2D eigenvalue weighted by Gasteiger charge is 2.29. The Morgan fingerprint density at radius 3 is 2.61 bits per heavy atom. The predicted molar refractivity (Wildman–Crippen MR) is 68.3 cm³/mol. The molecule has 18 heavy (non-hydrogen) atoms. The van der Waals surface area contributed by atoms with E-state index in [1.165, 1.54) is 12.1 Å². The van der Waals surface area contributed by atoms with Crippen molar-refractivity contribution in [2.24, 2.45) is 5.92 Å². The normalized spacial score (nSPS) is 18.6. The first kappa shape index (κ1) is 13.5. The molecule has 1 aromatic carbocycles. The lowest BCUT2D eigenvalue weighted by Crippen LogP contribution is -2.31. The molecule has 1 aliphatic rings. The Balaban J connectivity index is 2.14. The second-order valence-corrected chi connectivity index (χ2v) is 5.27. The Kier molecular flexibility index (Phi) is 4.36. The van der Waals surface area contributed by atoms with E-state index in [9.17, 15) is 14.3 Å². The number of Topliss-reactive ketones (excluding diaryl/α,β-unsaturated/α-hetero) is 1. The summed E-state index contributed by atoms with van der Waals surface area (Å²) in [6.45, 7) is 0. The Morgan fingerprint density at radius 2 is 2.00 bits per heavy atom. The van der Waals surface area contributed by atoms with Crippen LogP contribution in [0.3, 0.4) is 0 Å². The summed E-state index contributed by atoms with van der Waals surface area (Å²) >= 11 is 5.64. The van der Waals surface area contributed by atoms with Gasteiger partial charge in [0.1, 0.15) is 11.9 Å². The highest BCUT2D eigenvalue weighted by Crippen LogP contribution is 2.28. The maximum atomic E-state index is 13.6. The summed E-state index contributed by atoms with van der Waals surface area (Å²) in [5, 5.41) is 10.3. The molecule has 0 bridgehead atoms. The van der Waals surface area contributed by atoms with Crippen molar-refractivity contribution >= 4 is 17.4 Å². The fourth-order valence-electron chi connectivity index (χ4n) is 2.51. The molecule has 1 aromatic rings. The van der Waals surface area contributed by atoms with Crippen molar-refractivity contribution in [2.45, 2.75) is 38.2 Å². The van der Waals surface area contributed by atoms with E-state index < -0.39 is 17.7 Å². The van der Waals surface area contributed by atoms with E-state index in [4.69, 9.17) is 11.6 Å². The van der Waals surface area contributed by atoms with Crippen LogP contribution in [0.4, 0.5) is 4.39 Å². The van der Waals surface area contributed by atoms with Gasteiger partial charge in [0.05, 0.1) is 5.56 Å². The molecule has 1 aliphatic carbocycles. The fourth-order valence-corrected chi connectivity index (χ4v) is 2.67. The molecular weight excluding hydrogens is 255 g/mol. The van der Waals surface area contributed by atoms with Gasteiger partial charge in [-0.3, -0.25) is 4.79 Å². The third kappa shape index (κ3) is 2.90. The number of carbonyl (C=O) groups excluding carboxylic acids is 1. The van der Waals surface area contributed by atoms with Crippen molar-refractivity contribution in [3.8, 4) is 0 Å². The molecule has 98 valence electrons. The topological polar surface area (TPSA) is 37.3 Å². The van der Waals surface area contributed by atoms with Crippen molar-refractivity contribution in [1.29, 1.82) is 0 Å². The van der Waals surface area contributed by atoms with Crippen LogP contribution in [0.1, 0.15) is 42.5 Å². The summed E-state index contributed by atoms with van der Waals surface area (Å²) in [4.78, 5) is 12.0. The Morgan fingerprint density at radius 1 is 1.33 bits per heavy atom. The predicted octanol–water partition coefficient (Wildman–Crippen LogP) is 3.60. The third-order valence-electron chi connectivity index (χ3n) is 3.56. The summed E-state index contributed by atoms with van der Waals surface area (Å²) in [7, 11) is 0. The Hall–Kier alpha value is -0.930. The molecule has 0 saturated heterocycles. The van der Waals surface area contributed by atoms with Crippen LogP contribution in [-0.4, -0.2) is 17.0 Å². The number of aliphatic hydroxyl groups is 1. The molecule has 1 atom stereocenters. The van der Waals surface area contributed by atoms with Crippen LogP contribution in [-0.2, 0) is 0 Å². The molecule has 1 N–H and O–H groups in total. The van der Waals surface area contributed by atoms with E-state index >= 15 is 0 Å². The van der Waals surface area contributed by atoms with Gasteiger partial charge < -0.3 is 5.11 Å². The van der Waals surface area contributed by atoms with Crippen LogP contribution < -0.4 is 0 Å².